The summed E-state index contributed by atoms with van der Waals surface area (Å²) in [4.78, 5) is 0. The van der Waals surface area contributed by atoms with Crippen molar-refractivity contribution in [3.63, 3.8) is 0 Å². The van der Waals surface area contributed by atoms with Crippen molar-refractivity contribution >= 4 is 11.8 Å². The molecule has 1 N–H and O–H groups in total. The molecule has 0 aliphatic rings. The van der Waals surface area contributed by atoms with Crippen molar-refractivity contribution in [2.45, 2.75) is 57.7 Å². The van der Waals surface area contributed by atoms with Gasteiger partial charge in [-0.2, -0.15) is 17.0 Å². The lowest BCUT2D eigenvalue weighted by Crippen LogP contribution is -2.41. The Balaban J connectivity index is 2.17. The van der Waals surface area contributed by atoms with Crippen molar-refractivity contribution in [3.05, 3.63) is 35.4 Å². The van der Waals surface area contributed by atoms with E-state index in [1.165, 1.54) is 23.3 Å². The summed E-state index contributed by atoms with van der Waals surface area (Å²) in [7, 11) is 0. The Morgan fingerprint density at radius 1 is 1.29 bits per heavy atom. The zero-order valence-corrected chi connectivity index (χ0v) is 14.4. The maximum atomic E-state index is 9.28. The number of hydrogen-bond acceptors (Lipinski definition) is 3. The second-order valence-corrected chi connectivity index (χ2v) is 6.91. The molecule has 0 fully saturated rings. The molecule has 2 nitrogen and oxygen atoms in total. The lowest BCUT2D eigenvalue weighted by Gasteiger charge is -2.22. The average molecular weight is 305 g/mol. The average Bonchev–Trinajstić information content (AvgIpc) is 2.50. The van der Waals surface area contributed by atoms with Gasteiger partial charge < -0.3 is 0 Å². The van der Waals surface area contributed by atoms with E-state index in [4.69, 9.17) is 0 Å². The third-order valence-corrected chi connectivity index (χ3v) is 4.84. The summed E-state index contributed by atoms with van der Waals surface area (Å²) >= 11 is 1.99. The van der Waals surface area contributed by atoms with Crippen molar-refractivity contribution in [1.82, 2.24) is 5.32 Å². The Morgan fingerprint density at radius 3 is 2.71 bits per heavy atom. The molecule has 21 heavy (non-hydrogen) atoms. The summed E-state index contributed by atoms with van der Waals surface area (Å²) in [6.07, 6.45) is 4.31. The molecule has 1 unspecified atom stereocenters. The van der Waals surface area contributed by atoms with Gasteiger partial charge in [-0.1, -0.05) is 31.2 Å². The van der Waals surface area contributed by atoms with Crippen LogP contribution < -0.4 is 5.32 Å². The Labute approximate surface area is 134 Å². The molecule has 0 bridgehead atoms. The van der Waals surface area contributed by atoms with Crippen molar-refractivity contribution in [2.24, 2.45) is 0 Å². The van der Waals surface area contributed by atoms with Crippen LogP contribution in [0.5, 0.6) is 0 Å². The first-order chi connectivity index (χ1) is 10.1. The number of nitrogens with one attached hydrogen (secondary N) is 1. The van der Waals surface area contributed by atoms with Crippen LogP contribution >= 0.6 is 11.8 Å². The van der Waals surface area contributed by atoms with Crippen molar-refractivity contribution in [3.8, 4) is 6.07 Å². The summed E-state index contributed by atoms with van der Waals surface area (Å²) < 4.78 is 0. The lowest BCUT2D eigenvalue weighted by atomic mass is 9.96. The molecule has 3 heteroatoms. The van der Waals surface area contributed by atoms with Crippen molar-refractivity contribution in [2.75, 3.05) is 12.3 Å². The molecule has 0 aliphatic heterocycles. The summed E-state index contributed by atoms with van der Waals surface area (Å²) in [5, 5.41) is 12.6. The molecule has 1 aromatic rings. The maximum absolute atomic E-state index is 9.28. The first kappa shape index (κ1) is 18.1. The Bertz CT molecular complexity index is 453. The summed E-state index contributed by atoms with van der Waals surface area (Å²) in [5.41, 5.74) is 2.47. The molecule has 0 amide bonds. The predicted octanol–water partition coefficient (Wildman–Crippen LogP) is 4.68. The minimum Gasteiger partial charge on any atom is -0.300 e. The van der Waals surface area contributed by atoms with Gasteiger partial charge in [0.05, 0.1) is 6.07 Å². The van der Waals surface area contributed by atoms with Gasteiger partial charge in [-0.15, -0.1) is 0 Å². The number of rotatable bonds is 10. The number of nitriles is 1. The number of hydrogen-bond donors (Lipinski definition) is 1. The Hall–Kier alpha value is -0.980. The highest BCUT2D eigenvalue weighted by atomic mass is 32.2. The molecule has 0 aliphatic carbocycles. The van der Waals surface area contributed by atoms with Crippen LogP contribution in [-0.2, 0) is 5.75 Å². The van der Waals surface area contributed by atoms with Gasteiger partial charge in [-0.3, -0.25) is 5.32 Å². The number of nitrogens with zero attached hydrogens (tertiary/aromatic N) is 1. The Kier molecular flexibility index (Phi) is 8.49. The van der Waals surface area contributed by atoms with E-state index < -0.39 is 0 Å². The van der Waals surface area contributed by atoms with Gasteiger partial charge in [-0.25, -0.2) is 0 Å². The maximum Gasteiger partial charge on any atom is 0.103 e. The van der Waals surface area contributed by atoms with Gasteiger partial charge in [0.25, 0.3) is 0 Å². The largest absolute Gasteiger partial charge is 0.300 e. The molecule has 116 valence electrons. The van der Waals surface area contributed by atoms with E-state index in [1.807, 2.05) is 18.7 Å². The van der Waals surface area contributed by atoms with Gasteiger partial charge in [0.15, 0.2) is 0 Å². The molecule has 1 aromatic carbocycles. The number of benzene rings is 1. The minimum atomic E-state index is -0.351. The quantitative estimate of drug-likeness (QED) is 0.637. The summed E-state index contributed by atoms with van der Waals surface area (Å²) in [6, 6.07) is 11.0. The van der Waals surface area contributed by atoms with E-state index in [0.717, 1.165) is 31.6 Å². The van der Waals surface area contributed by atoms with E-state index in [9.17, 15) is 5.26 Å². The van der Waals surface area contributed by atoms with Crippen LogP contribution in [0.4, 0.5) is 0 Å². The fraction of sp³-hybridized carbons (Fsp3) is 0.611. The molecule has 0 saturated carbocycles. The minimum absolute atomic E-state index is 0.351. The molecule has 1 atom stereocenters. The first-order valence-corrected chi connectivity index (χ1v) is 9.05. The standard InChI is InChI=1S/C18H28N2S/c1-4-12-20-18(3,15-19)11-7-8-13-21-14-17-10-6-5-9-16(17)2/h5-6,9-10,20H,4,7-8,11-14H2,1-3H3. The fourth-order valence-electron chi connectivity index (χ4n) is 2.22. The molecule has 0 heterocycles. The van der Waals surface area contributed by atoms with Crippen LogP contribution in [0.15, 0.2) is 24.3 Å². The molecule has 0 radical (unpaired) electrons. The van der Waals surface area contributed by atoms with Crippen molar-refractivity contribution in [1.29, 1.82) is 5.26 Å². The highest BCUT2D eigenvalue weighted by Gasteiger charge is 2.21. The highest BCUT2D eigenvalue weighted by Crippen LogP contribution is 2.19. The summed E-state index contributed by atoms with van der Waals surface area (Å²) in [5.74, 6) is 2.26. The molecular formula is C18H28N2S. The Morgan fingerprint density at radius 2 is 2.05 bits per heavy atom. The lowest BCUT2D eigenvalue weighted by molar-refractivity contribution is 0.406. The predicted molar refractivity (Wildman–Crippen MR) is 93.5 cm³/mol. The molecule has 0 saturated heterocycles. The van der Waals surface area contributed by atoms with Gasteiger partial charge in [0.2, 0.25) is 0 Å². The first-order valence-electron chi connectivity index (χ1n) is 7.90. The van der Waals surface area contributed by atoms with Crippen molar-refractivity contribution < 1.29 is 0 Å². The second kappa shape index (κ2) is 9.87. The number of unbranched alkanes of at least 4 members (excludes halogenated alkanes) is 1. The van der Waals surface area contributed by atoms with E-state index >= 15 is 0 Å². The number of aryl methyl sites for hydroxylation is 1. The van der Waals surface area contributed by atoms with Gasteiger partial charge >= 0.3 is 0 Å². The van der Waals surface area contributed by atoms with Crippen LogP contribution in [0, 0.1) is 18.3 Å². The van der Waals surface area contributed by atoms with Crippen LogP contribution in [-0.4, -0.2) is 17.8 Å². The fourth-order valence-corrected chi connectivity index (χ4v) is 3.32. The highest BCUT2D eigenvalue weighted by molar-refractivity contribution is 7.98. The molecular weight excluding hydrogens is 276 g/mol. The zero-order valence-electron chi connectivity index (χ0n) is 13.6. The van der Waals surface area contributed by atoms with E-state index in [1.54, 1.807) is 0 Å². The smallest absolute Gasteiger partial charge is 0.103 e. The topological polar surface area (TPSA) is 35.8 Å². The van der Waals surface area contributed by atoms with Crippen LogP contribution in [0.25, 0.3) is 0 Å². The third-order valence-electron chi connectivity index (χ3n) is 3.75. The van der Waals surface area contributed by atoms with Crippen LogP contribution in [0.2, 0.25) is 0 Å². The third kappa shape index (κ3) is 7.02. The summed E-state index contributed by atoms with van der Waals surface area (Å²) in [6.45, 7) is 7.25. The van der Waals surface area contributed by atoms with Crippen LogP contribution in [0.3, 0.4) is 0 Å². The molecule has 1 rings (SSSR count). The van der Waals surface area contributed by atoms with E-state index in [0.29, 0.717) is 0 Å². The molecule has 0 spiro atoms. The van der Waals surface area contributed by atoms with Gasteiger partial charge in [0.1, 0.15) is 5.54 Å². The normalized spacial score (nSPS) is 13.6. The zero-order chi connectivity index (χ0) is 15.6. The monoisotopic (exact) mass is 304 g/mol. The number of thioether (sulfide) groups is 1. The van der Waals surface area contributed by atoms with E-state index in [-0.39, 0.29) is 5.54 Å². The SMILES string of the molecule is CCCNC(C)(C#N)CCCCSCc1ccccc1C. The molecule has 0 aromatic heterocycles. The van der Waals surface area contributed by atoms with Gasteiger partial charge in [-0.05, 0) is 63.0 Å². The van der Waals surface area contributed by atoms with Crippen LogP contribution in [0.1, 0.15) is 50.7 Å². The van der Waals surface area contributed by atoms with E-state index in [2.05, 4.69) is 49.5 Å². The second-order valence-electron chi connectivity index (χ2n) is 5.81. The van der Waals surface area contributed by atoms with Gasteiger partial charge in [0, 0.05) is 5.75 Å².